The Morgan fingerprint density at radius 3 is 1.80 bits per heavy atom. The van der Waals surface area contributed by atoms with Crippen molar-refractivity contribution >= 4 is 23.5 Å². The molecule has 0 rings (SSSR count). The van der Waals surface area contributed by atoms with Gasteiger partial charge in [0.1, 0.15) is 24.4 Å². The number of carbonyl (C=O) groups excluding carboxylic acids is 4. The zero-order valence-corrected chi connectivity index (χ0v) is 12.7. The molecule has 0 aliphatic heterocycles. The van der Waals surface area contributed by atoms with E-state index in [-0.39, 0.29) is 24.4 Å². The first-order valence-electron chi connectivity index (χ1n) is 6.66. The molecule has 0 aliphatic carbocycles. The summed E-state index contributed by atoms with van der Waals surface area (Å²) in [5, 5.41) is 0. The molecular formula is C14H24O6. The van der Waals surface area contributed by atoms with Gasteiger partial charge in [0.25, 0.3) is 0 Å². The quantitative estimate of drug-likeness (QED) is 0.500. The first-order chi connectivity index (χ1) is 9.40. The lowest BCUT2D eigenvalue weighted by Gasteiger charge is -1.97. The Morgan fingerprint density at radius 1 is 0.850 bits per heavy atom. The van der Waals surface area contributed by atoms with E-state index in [1.807, 2.05) is 6.92 Å². The molecule has 0 aromatic carbocycles. The van der Waals surface area contributed by atoms with Gasteiger partial charge in [-0.15, -0.1) is 0 Å². The topological polar surface area (TPSA) is 86.7 Å². The molecule has 20 heavy (non-hydrogen) atoms. The van der Waals surface area contributed by atoms with Crippen LogP contribution in [-0.2, 0) is 28.7 Å². The zero-order chi connectivity index (χ0) is 16.0. The van der Waals surface area contributed by atoms with Crippen LogP contribution < -0.4 is 0 Å². The Labute approximate surface area is 119 Å². The second-order valence-corrected chi connectivity index (χ2v) is 3.92. The number of Topliss-reactive ketones (excluding diaryl/α,β-unsaturated/α-hetero) is 2. The van der Waals surface area contributed by atoms with Crippen LogP contribution in [0.15, 0.2) is 0 Å². The summed E-state index contributed by atoms with van der Waals surface area (Å²) in [4.78, 5) is 42.3. The molecule has 0 N–H and O–H groups in total. The maximum absolute atomic E-state index is 10.7. The molecule has 0 amide bonds. The van der Waals surface area contributed by atoms with Crippen molar-refractivity contribution in [3.8, 4) is 0 Å². The van der Waals surface area contributed by atoms with Crippen molar-refractivity contribution in [3.63, 3.8) is 0 Å². The van der Waals surface area contributed by atoms with Crippen LogP contribution in [0.25, 0.3) is 0 Å². The SMILES string of the molecule is CCCC(=O)CC(=O)OC.CCOC(=O)CC(=O)CC. The Morgan fingerprint density at radius 2 is 1.40 bits per heavy atom. The summed E-state index contributed by atoms with van der Waals surface area (Å²) in [7, 11) is 1.28. The second-order valence-electron chi connectivity index (χ2n) is 3.92. The van der Waals surface area contributed by atoms with Crippen LogP contribution in [0, 0.1) is 0 Å². The van der Waals surface area contributed by atoms with Crippen molar-refractivity contribution in [1.29, 1.82) is 0 Å². The van der Waals surface area contributed by atoms with Crippen LogP contribution in [0.3, 0.4) is 0 Å². The van der Waals surface area contributed by atoms with Crippen LogP contribution in [0.5, 0.6) is 0 Å². The van der Waals surface area contributed by atoms with Gasteiger partial charge in [0.05, 0.1) is 13.7 Å². The van der Waals surface area contributed by atoms with Gasteiger partial charge in [-0.1, -0.05) is 13.8 Å². The maximum Gasteiger partial charge on any atom is 0.313 e. The number of ketones is 2. The minimum absolute atomic E-state index is 0.0469. The molecule has 0 aliphatic rings. The molecule has 0 saturated carbocycles. The van der Waals surface area contributed by atoms with Gasteiger partial charge in [-0.05, 0) is 13.3 Å². The highest BCUT2D eigenvalue weighted by molar-refractivity contribution is 5.95. The van der Waals surface area contributed by atoms with Crippen LogP contribution in [-0.4, -0.2) is 37.2 Å². The number of methoxy groups -OCH3 is 1. The first kappa shape index (κ1) is 20.6. The van der Waals surface area contributed by atoms with Crippen molar-refractivity contribution in [2.45, 2.75) is 52.9 Å². The smallest absolute Gasteiger partial charge is 0.313 e. The van der Waals surface area contributed by atoms with Gasteiger partial charge >= 0.3 is 11.9 Å². The van der Waals surface area contributed by atoms with E-state index in [0.29, 0.717) is 19.4 Å². The van der Waals surface area contributed by atoms with Gasteiger partial charge in [0, 0.05) is 12.8 Å². The number of ether oxygens (including phenoxy) is 2. The molecule has 0 bridgehead atoms. The Hall–Kier alpha value is -1.72. The molecule has 0 radical (unpaired) electrons. The van der Waals surface area contributed by atoms with Crippen molar-refractivity contribution in [2.24, 2.45) is 0 Å². The number of esters is 2. The zero-order valence-electron chi connectivity index (χ0n) is 12.7. The third-order valence-electron chi connectivity index (χ3n) is 2.14. The lowest BCUT2D eigenvalue weighted by molar-refractivity contribution is -0.146. The Kier molecular flexibility index (Phi) is 14.1. The normalized spacial score (nSPS) is 9.00. The highest BCUT2D eigenvalue weighted by atomic mass is 16.5. The molecule has 0 fully saturated rings. The van der Waals surface area contributed by atoms with E-state index in [9.17, 15) is 19.2 Å². The summed E-state index contributed by atoms with van der Waals surface area (Å²) in [6, 6.07) is 0. The van der Waals surface area contributed by atoms with Gasteiger partial charge in [-0.2, -0.15) is 0 Å². The average Bonchev–Trinajstić information content (AvgIpc) is 2.39. The standard InChI is InChI=1S/2C7H12O3/c1-3-4-6(8)5-7(9)10-2;1-3-6(8)5-7(9)10-4-2/h2*3-5H2,1-2H3. The minimum atomic E-state index is -0.446. The number of rotatable bonds is 8. The summed E-state index contributed by atoms with van der Waals surface area (Å²) in [5.41, 5.74) is 0. The molecule has 0 unspecified atom stereocenters. The molecule has 6 nitrogen and oxygen atoms in total. The Balaban J connectivity index is 0. The fraction of sp³-hybridized carbons (Fsp3) is 0.714. The summed E-state index contributed by atoms with van der Waals surface area (Å²) >= 11 is 0. The van der Waals surface area contributed by atoms with Crippen molar-refractivity contribution in [3.05, 3.63) is 0 Å². The van der Waals surface area contributed by atoms with Crippen LogP contribution in [0.2, 0.25) is 0 Å². The van der Waals surface area contributed by atoms with E-state index in [0.717, 1.165) is 6.42 Å². The second kappa shape index (κ2) is 13.7. The van der Waals surface area contributed by atoms with Crippen LogP contribution >= 0.6 is 0 Å². The fourth-order valence-corrected chi connectivity index (χ4v) is 1.10. The molecule has 0 aromatic heterocycles. The van der Waals surface area contributed by atoms with Crippen LogP contribution in [0.1, 0.15) is 52.9 Å². The highest BCUT2D eigenvalue weighted by Crippen LogP contribution is 1.94. The first-order valence-corrected chi connectivity index (χ1v) is 6.66. The molecule has 0 atom stereocenters. The van der Waals surface area contributed by atoms with E-state index in [4.69, 9.17) is 0 Å². The monoisotopic (exact) mass is 288 g/mol. The fourth-order valence-electron chi connectivity index (χ4n) is 1.10. The summed E-state index contributed by atoms with van der Waals surface area (Å²) in [6.45, 7) is 5.68. The molecule has 0 spiro atoms. The van der Waals surface area contributed by atoms with Crippen molar-refractivity contribution < 1.29 is 28.7 Å². The Bertz CT molecular complexity index is 290. The molecule has 0 aromatic rings. The molecular weight excluding hydrogens is 264 g/mol. The van der Waals surface area contributed by atoms with E-state index in [1.54, 1.807) is 13.8 Å². The summed E-state index contributed by atoms with van der Waals surface area (Å²) < 4.78 is 8.86. The summed E-state index contributed by atoms with van der Waals surface area (Å²) in [6.07, 6.45) is 1.50. The third-order valence-corrected chi connectivity index (χ3v) is 2.14. The van der Waals surface area contributed by atoms with Gasteiger partial charge in [0.2, 0.25) is 0 Å². The number of carbonyl (C=O) groups is 4. The van der Waals surface area contributed by atoms with Crippen molar-refractivity contribution in [1.82, 2.24) is 0 Å². The summed E-state index contributed by atoms with van der Waals surface area (Å²) in [5.74, 6) is -0.986. The molecule has 0 heterocycles. The van der Waals surface area contributed by atoms with E-state index in [1.165, 1.54) is 7.11 Å². The van der Waals surface area contributed by atoms with E-state index in [2.05, 4.69) is 9.47 Å². The van der Waals surface area contributed by atoms with E-state index < -0.39 is 11.9 Å². The minimum Gasteiger partial charge on any atom is -0.469 e. The average molecular weight is 288 g/mol. The molecule has 116 valence electrons. The lowest BCUT2D eigenvalue weighted by atomic mass is 10.2. The third kappa shape index (κ3) is 14.3. The molecule has 6 heteroatoms. The highest BCUT2D eigenvalue weighted by Gasteiger charge is 2.07. The number of hydrogen-bond donors (Lipinski definition) is 0. The van der Waals surface area contributed by atoms with Gasteiger partial charge in [-0.25, -0.2) is 0 Å². The largest absolute Gasteiger partial charge is 0.469 e. The predicted molar refractivity (Wildman–Crippen MR) is 73.1 cm³/mol. The van der Waals surface area contributed by atoms with Crippen molar-refractivity contribution in [2.75, 3.05) is 13.7 Å². The number of hydrogen-bond acceptors (Lipinski definition) is 6. The molecule has 0 saturated heterocycles. The van der Waals surface area contributed by atoms with E-state index >= 15 is 0 Å². The predicted octanol–water partition coefficient (Wildman–Crippen LogP) is 1.84. The van der Waals surface area contributed by atoms with Gasteiger partial charge in [0.15, 0.2) is 0 Å². The maximum atomic E-state index is 10.7. The van der Waals surface area contributed by atoms with Crippen LogP contribution in [0.4, 0.5) is 0 Å². The van der Waals surface area contributed by atoms with Gasteiger partial charge in [-0.3, -0.25) is 19.2 Å². The lowest BCUT2D eigenvalue weighted by Crippen LogP contribution is -2.09. The van der Waals surface area contributed by atoms with Gasteiger partial charge < -0.3 is 9.47 Å².